The Morgan fingerprint density at radius 3 is 2.62 bits per heavy atom. The van der Waals surface area contributed by atoms with E-state index in [1.54, 1.807) is 32.1 Å². The van der Waals surface area contributed by atoms with Gasteiger partial charge in [-0.25, -0.2) is 4.79 Å². The molecule has 0 aliphatic heterocycles. The predicted octanol–water partition coefficient (Wildman–Crippen LogP) is 3.79. The molecule has 0 aliphatic carbocycles. The maximum Gasteiger partial charge on any atom is 0.340 e. The van der Waals surface area contributed by atoms with E-state index in [9.17, 15) is 9.59 Å². The molecule has 24 heavy (non-hydrogen) atoms. The average molecular weight is 348 g/mol. The third-order valence-electron chi connectivity index (χ3n) is 4.03. The Bertz CT molecular complexity index is 719. The Hall–Kier alpha value is -1.92. The van der Waals surface area contributed by atoms with Crippen LogP contribution in [0.5, 0.6) is 0 Å². The van der Waals surface area contributed by atoms with Crippen LogP contribution >= 0.6 is 11.3 Å². The molecule has 0 amide bonds. The summed E-state index contributed by atoms with van der Waals surface area (Å²) in [4.78, 5) is 29.1. The molecule has 6 heteroatoms. The molecule has 2 unspecified atom stereocenters. The molecular weight excluding hydrogens is 324 g/mol. The van der Waals surface area contributed by atoms with E-state index in [1.807, 2.05) is 31.4 Å². The molecule has 0 spiro atoms. The van der Waals surface area contributed by atoms with Crippen molar-refractivity contribution in [3.8, 4) is 0 Å². The number of Topliss-reactive ketones (excluding diaryl/α,β-unsaturated/α-hetero) is 1. The lowest BCUT2D eigenvalue weighted by atomic mass is 10.0. The van der Waals surface area contributed by atoms with Crippen LogP contribution in [0.3, 0.4) is 0 Å². The van der Waals surface area contributed by atoms with Gasteiger partial charge in [-0.2, -0.15) is 0 Å². The largest absolute Gasteiger partial charge is 0.462 e. The number of carbonyl (C=O) groups excluding carboxylic acids is 2. The molecule has 2 aromatic rings. The second-order valence-electron chi connectivity index (χ2n) is 5.84. The van der Waals surface area contributed by atoms with E-state index in [-0.39, 0.29) is 17.9 Å². The van der Waals surface area contributed by atoms with Gasteiger partial charge in [-0.3, -0.25) is 10.1 Å². The number of hydrogen-bond acceptors (Lipinski definition) is 5. The van der Waals surface area contributed by atoms with Crippen molar-refractivity contribution in [2.24, 2.45) is 0 Å². The molecule has 0 radical (unpaired) electrons. The molecule has 2 aromatic heterocycles. The minimum absolute atomic E-state index is 0.0606. The number of carbonyl (C=O) groups is 2. The van der Waals surface area contributed by atoms with Crippen molar-refractivity contribution >= 4 is 23.1 Å². The van der Waals surface area contributed by atoms with Crippen molar-refractivity contribution in [1.29, 1.82) is 0 Å². The second kappa shape index (κ2) is 7.77. The lowest BCUT2D eigenvalue weighted by molar-refractivity contribution is 0.0525. The van der Waals surface area contributed by atoms with E-state index in [2.05, 4.69) is 10.3 Å². The van der Waals surface area contributed by atoms with E-state index in [0.717, 1.165) is 0 Å². The first-order chi connectivity index (χ1) is 11.4. The molecule has 0 fully saturated rings. The van der Waals surface area contributed by atoms with Gasteiger partial charge in [-0.05, 0) is 51.6 Å². The van der Waals surface area contributed by atoms with Crippen LogP contribution < -0.4 is 5.32 Å². The molecule has 2 rings (SSSR count). The van der Waals surface area contributed by atoms with Gasteiger partial charge in [-0.15, -0.1) is 11.3 Å². The van der Waals surface area contributed by atoms with E-state index in [0.29, 0.717) is 29.1 Å². The highest BCUT2D eigenvalue weighted by molar-refractivity contribution is 7.10. The van der Waals surface area contributed by atoms with Crippen molar-refractivity contribution in [3.63, 3.8) is 0 Å². The lowest BCUT2D eigenvalue weighted by Crippen LogP contribution is -2.36. The van der Waals surface area contributed by atoms with Gasteiger partial charge < -0.3 is 9.72 Å². The highest BCUT2D eigenvalue weighted by atomic mass is 32.1. The Balaban J connectivity index is 2.17. The van der Waals surface area contributed by atoms with Crippen LogP contribution in [0.15, 0.2) is 17.5 Å². The van der Waals surface area contributed by atoms with Crippen LogP contribution in [0.4, 0.5) is 0 Å². The van der Waals surface area contributed by atoms with Gasteiger partial charge in [0.25, 0.3) is 0 Å². The van der Waals surface area contributed by atoms with Gasteiger partial charge in [0.15, 0.2) is 5.78 Å². The topological polar surface area (TPSA) is 71.2 Å². The summed E-state index contributed by atoms with van der Waals surface area (Å²) in [5.74, 6) is -0.454. The zero-order chi connectivity index (χ0) is 17.9. The second-order valence-corrected chi connectivity index (χ2v) is 6.81. The van der Waals surface area contributed by atoms with Crippen molar-refractivity contribution in [3.05, 3.63) is 44.9 Å². The van der Waals surface area contributed by atoms with Crippen LogP contribution in [0.1, 0.15) is 63.8 Å². The molecule has 0 bridgehead atoms. The highest BCUT2D eigenvalue weighted by Crippen LogP contribution is 2.22. The van der Waals surface area contributed by atoms with Gasteiger partial charge in [0.1, 0.15) is 0 Å². The van der Waals surface area contributed by atoms with Crippen molar-refractivity contribution in [2.75, 3.05) is 6.61 Å². The average Bonchev–Trinajstić information content (AvgIpc) is 3.15. The monoisotopic (exact) mass is 348 g/mol. The van der Waals surface area contributed by atoms with Crippen LogP contribution in [0, 0.1) is 13.8 Å². The number of nitrogens with one attached hydrogen (secondary N) is 2. The molecule has 2 N–H and O–H groups in total. The molecule has 130 valence electrons. The number of rotatable bonds is 7. The van der Waals surface area contributed by atoms with Gasteiger partial charge >= 0.3 is 5.97 Å². The Morgan fingerprint density at radius 1 is 1.33 bits per heavy atom. The molecule has 0 aromatic carbocycles. The minimum atomic E-state index is -0.393. The summed E-state index contributed by atoms with van der Waals surface area (Å²) in [5, 5.41) is 5.33. The first-order valence-corrected chi connectivity index (χ1v) is 8.94. The zero-order valence-corrected chi connectivity index (χ0v) is 15.5. The molecule has 0 saturated carbocycles. The summed E-state index contributed by atoms with van der Waals surface area (Å²) in [6.07, 6.45) is 0. The Morgan fingerprint density at radius 2 is 2.04 bits per heavy atom. The van der Waals surface area contributed by atoms with Crippen molar-refractivity contribution in [2.45, 2.75) is 46.7 Å². The Labute approximate surface area is 146 Å². The van der Waals surface area contributed by atoms with Crippen LogP contribution in [0.2, 0.25) is 0 Å². The fraction of sp³-hybridized carbons (Fsp3) is 0.444. The van der Waals surface area contributed by atoms with E-state index < -0.39 is 5.97 Å². The number of hydrogen-bond donors (Lipinski definition) is 2. The summed E-state index contributed by atoms with van der Waals surface area (Å²) in [6, 6.07) is 3.76. The number of esters is 1. The Kier molecular flexibility index (Phi) is 5.96. The normalized spacial score (nSPS) is 13.5. The summed E-state index contributed by atoms with van der Waals surface area (Å²) in [5.41, 5.74) is 2.23. The van der Waals surface area contributed by atoms with Crippen molar-refractivity contribution in [1.82, 2.24) is 10.3 Å². The lowest BCUT2D eigenvalue weighted by Gasteiger charge is -2.18. The predicted molar refractivity (Wildman–Crippen MR) is 95.9 cm³/mol. The summed E-state index contributed by atoms with van der Waals surface area (Å²) < 4.78 is 5.07. The number of aryl methyl sites for hydroxylation is 1. The third-order valence-corrected chi connectivity index (χ3v) is 5.08. The molecule has 2 heterocycles. The maximum atomic E-state index is 12.8. The summed E-state index contributed by atoms with van der Waals surface area (Å²) in [6.45, 7) is 9.50. The number of aromatic nitrogens is 1. The van der Waals surface area contributed by atoms with Crippen LogP contribution in [0.25, 0.3) is 0 Å². The number of thiophene rings is 1. The fourth-order valence-electron chi connectivity index (χ4n) is 2.79. The first-order valence-electron chi connectivity index (χ1n) is 8.06. The minimum Gasteiger partial charge on any atom is -0.462 e. The van der Waals surface area contributed by atoms with Gasteiger partial charge in [-0.1, -0.05) is 6.07 Å². The third kappa shape index (κ3) is 3.76. The highest BCUT2D eigenvalue weighted by Gasteiger charge is 2.26. The van der Waals surface area contributed by atoms with Crippen LogP contribution in [-0.2, 0) is 4.74 Å². The number of H-pyrrole nitrogens is 1. The maximum absolute atomic E-state index is 12.8. The molecule has 0 saturated heterocycles. The number of ketones is 1. The smallest absolute Gasteiger partial charge is 0.340 e. The molecular formula is C18H24N2O3S. The number of ether oxygens (including phenoxy) is 1. The van der Waals surface area contributed by atoms with Gasteiger partial charge in [0, 0.05) is 16.6 Å². The number of aromatic amines is 1. The molecule has 2 atom stereocenters. The fourth-order valence-corrected chi connectivity index (χ4v) is 3.54. The van der Waals surface area contributed by atoms with E-state index in [1.165, 1.54) is 4.88 Å². The quantitative estimate of drug-likeness (QED) is 0.590. The van der Waals surface area contributed by atoms with Gasteiger partial charge in [0.05, 0.1) is 23.9 Å². The van der Waals surface area contributed by atoms with E-state index >= 15 is 0 Å². The zero-order valence-electron chi connectivity index (χ0n) is 14.7. The molecule has 0 aliphatic rings. The van der Waals surface area contributed by atoms with Crippen LogP contribution in [-0.4, -0.2) is 29.4 Å². The first kappa shape index (κ1) is 18.4. The summed E-state index contributed by atoms with van der Waals surface area (Å²) in [7, 11) is 0. The summed E-state index contributed by atoms with van der Waals surface area (Å²) >= 11 is 1.66. The van der Waals surface area contributed by atoms with Gasteiger partial charge in [0.2, 0.25) is 0 Å². The van der Waals surface area contributed by atoms with E-state index in [4.69, 9.17) is 4.74 Å². The molecule has 5 nitrogen and oxygen atoms in total. The van der Waals surface area contributed by atoms with Crippen molar-refractivity contribution < 1.29 is 14.3 Å². The standard InChI is InChI=1S/C18H24N2O3S/c1-6-23-18(22)15-10(2)16(20-12(15)4)17(21)13(5)19-11(3)14-8-7-9-24-14/h7-9,11,13,19-20H,6H2,1-5H3. The SMILES string of the molecule is CCOC(=O)c1c(C)[nH]c(C(=O)C(C)NC(C)c2cccs2)c1C.